The highest BCUT2D eigenvalue weighted by Crippen LogP contribution is 2.45. The molecule has 19 heteroatoms. The summed E-state index contributed by atoms with van der Waals surface area (Å²) in [6, 6.07) is 0. The molecule has 570 valence electrons. The van der Waals surface area contributed by atoms with Crippen LogP contribution in [0.1, 0.15) is 395 Å². The smallest absolute Gasteiger partial charge is 0.462 e. The third-order valence-electron chi connectivity index (χ3n) is 18.2. The number of carbonyl (C=O) groups is 4. The number of hydrogen-bond donors (Lipinski definition) is 3. The number of esters is 4. The normalized spacial score (nSPS) is 14.3. The Bertz CT molecular complexity index is 1870. The maximum atomic E-state index is 13.1. The first-order valence-corrected chi connectivity index (χ1v) is 42.9. The number of unbranched alkanes of at least 4 members (excludes halogenated alkanes) is 42. The molecule has 0 fully saturated rings. The van der Waals surface area contributed by atoms with E-state index in [1.165, 1.54) is 205 Å². The second-order valence-electron chi connectivity index (χ2n) is 28.9. The molecule has 0 amide bonds. The Kier molecular flexibility index (Phi) is 66.2. The minimum absolute atomic E-state index is 0.105. The van der Waals surface area contributed by atoms with Crippen molar-refractivity contribution in [2.45, 2.75) is 414 Å². The van der Waals surface area contributed by atoms with E-state index >= 15 is 0 Å². The summed E-state index contributed by atoms with van der Waals surface area (Å²) in [6.45, 7) is 11.9. The van der Waals surface area contributed by atoms with Gasteiger partial charge in [-0.3, -0.25) is 37.3 Å². The molecule has 0 saturated carbocycles. The van der Waals surface area contributed by atoms with Gasteiger partial charge in [0, 0.05) is 25.7 Å². The molecule has 0 radical (unpaired) electrons. The highest BCUT2D eigenvalue weighted by atomic mass is 31.2. The molecule has 0 rings (SSSR count). The molecule has 0 spiro atoms. The van der Waals surface area contributed by atoms with Crippen molar-refractivity contribution in [3.8, 4) is 0 Å². The van der Waals surface area contributed by atoms with Gasteiger partial charge < -0.3 is 33.8 Å². The fraction of sp³-hybridized carbons (Fsp3) is 0.948. The van der Waals surface area contributed by atoms with E-state index in [0.29, 0.717) is 25.7 Å². The molecule has 3 N–H and O–H groups in total. The van der Waals surface area contributed by atoms with Crippen LogP contribution in [0, 0.1) is 17.8 Å². The van der Waals surface area contributed by atoms with Crippen molar-refractivity contribution in [1.82, 2.24) is 0 Å². The quantitative estimate of drug-likeness (QED) is 0.0222. The summed E-state index contributed by atoms with van der Waals surface area (Å²) in [7, 11) is -9.91. The average Bonchev–Trinajstić information content (AvgIpc) is 1.15. The van der Waals surface area contributed by atoms with Crippen molar-refractivity contribution < 1.29 is 80.2 Å². The van der Waals surface area contributed by atoms with Crippen LogP contribution in [0.25, 0.3) is 0 Å². The molecule has 0 aliphatic carbocycles. The third kappa shape index (κ3) is 69.2. The summed E-state index contributed by atoms with van der Waals surface area (Å²) < 4.78 is 68.5. The number of ether oxygens (including phenoxy) is 4. The average molecular weight is 1410 g/mol. The predicted molar refractivity (Wildman–Crippen MR) is 391 cm³/mol. The van der Waals surface area contributed by atoms with Gasteiger partial charge in [-0.1, -0.05) is 344 Å². The third-order valence-corrected chi connectivity index (χ3v) is 20.1. The van der Waals surface area contributed by atoms with Crippen LogP contribution < -0.4 is 0 Å². The Balaban J connectivity index is 5.21. The lowest BCUT2D eigenvalue weighted by Gasteiger charge is -2.21. The molecule has 0 aliphatic heterocycles. The van der Waals surface area contributed by atoms with E-state index < -0.39 is 97.5 Å². The van der Waals surface area contributed by atoms with E-state index in [9.17, 15) is 43.2 Å². The second-order valence-corrected chi connectivity index (χ2v) is 31.8. The maximum absolute atomic E-state index is 13.1. The van der Waals surface area contributed by atoms with Gasteiger partial charge in [-0.15, -0.1) is 0 Å². The molecule has 0 aliphatic rings. The summed E-state index contributed by atoms with van der Waals surface area (Å²) in [6.07, 6.45) is 54.1. The Hall–Kier alpha value is -1.94. The van der Waals surface area contributed by atoms with Gasteiger partial charge in [0.2, 0.25) is 0 Å². The zero-order valence-corrected chi connectivity index (χ0v) is 64.6. The predicted octanol–water partition coefficient (Wildman–Crippen LogP) is 22.6. The Morgan fingerprint density at radius 2 is 0.531 bits per heavy atom. The second kappa shape index (κ2) is 67.5. The molecule has 17 nitrogen and oxygen atoms in total. The van der Waals surface area contributed by atoms with Crippen molar-refractivity contribution in [1.29, 1.82) is 0 Å². The first kappa shape index (κ1) is 94.1. The highest BCUT2D eigenvalue weighted by Gasteiger charge is 2.30. The summed E-state index contributed by atoms with van der Waals surface area (Å²) in [5, 5.41) is 10.6. The van der Waals surface area contributed by atoms with Gasteiger partial charge in [0.15, 0.2) is 12.2 Å². The van der Waals surface area contributed by atoms with Gasteiger partial charge in [0.25, 0.3) is 0 Å². The van der Waals surface area contributed by atoms with E-state index in [4.69, 9.17) is 37.0 Å². The Morgan fingerprint density at radius 1 is 0.302 bits per heavy atom. The van der Waals surface area contributed by atoms with Crippen molar-refractivity contribution >= 4 is 39.5 Å². The van der Waals surface area contributed by atoms with Gasteiger partial charge in [0.05, 0.1) is 26.4 Å². The Morgan fingerprint density at radius 3 is 0.792 bits per heavy atom. The molecule has 96 heavy (non-hydrogen) atoms. The number of rotatable bonds is 75. The fourth-order valence-corrected chi connectivity index (χ4v) is 13.3. The molecular weight excluding hydrogens is 1260 g/mol. The molecule has 0 heterocycles. The number of aliphatic hydroxyl groups is 1. The summed E-state index contributed by atoms with van der Waals surface area (Å²) >= 11 is 0. The van der Waals surface area contributed by atoms with Crippen LogP contribution in [0.2, 0.25) is 0 Å². The van der Waals surface area contributed by atoms with Gasteiger partial charge in [0.1, 0.15) is 19.3 Å². The molecule has 0 saturated heterocycles. The van der Waals surface area contributed by atoms with Crippen LogP contribution in [-0.2, 0) is 65.4 Å². The number of hydrogen-bond acceptors (Lipinski definition) is 15. The van der Waals surface area contributed by atoms with Crippen molar-refractivity contribution in [2.24, 2.45) is 17.8 Å². The summed E-state index contributed by atoms with van der Waals surface area (Å²) in [5.41, 5.74) is 0. The van der Waals surface area contributed by atoms with Crippen molar-refractivity contribution in [2.75, 3.05) is 39.6 Å². The maximum Gasteiger partial charge on any atom is 0.472 e. The van der Waals surface area contributed by atoms with Crippen LogP contribution in [0.5, 0.6) is 0 Å². The first-order valence-electron chi connectivity index (χ1n) is 39.9. The molecule has 0 aromatic rings. The lowest BCUT2D eigenvalue weighted by Crippen LogP contribution is -2.30. The van der Waals surface area contributed by atoms with Crippen LogP contribution in [0.3, 0.4) is 0 Å². The van der Waals surface area contributed by atoms with Gasteiger partial charge in [-0.2, -0.15) is 0 Å². The Labute approximate surface area is 588 Å². The number of phosphoric acid groups is 2. The zero-order valence-electron chi connectivity index (χ0n) is 62.8. The minimum atomic E-state index is -4.96. The van der Waals surface area contributed by atoms with E-state index in [-0.39, 0.29) is 25.7 Å². The lowest BCUT2D eigenvalue weighted by atomic mass is 9.99. The van der Waals surface area contributed by atoms with Crippen LogP contribution in [0.15, 0.2) is 0 Å². The van der Waals surface area contributed by atoms with E-state index in [1.54, 1.807) is 0 Å². The first-order chi connectivity index (χ1) is 46.3. The number of aliphatic hydroxyl groups excluding tert-OH is 1. The van der Waals surface area contributed by atoms with Gasteiger partial charge in [-0.05, 0) is 43.4 Å². The molecule has 6 atom stereocenters. The van der Waals surface area contributed by atoms with Crippen molar-refractivity contribution in [3.05, 3.63) is 0 Å². The minimum Gasteiger partial charge on any atom is -0.462 e. The lowest BCUT2D eigenvalue weighted by molar-refractivity contribution is -0.161. The monoisotopic (exact) mass is 1410 g/mol. The van der Waals surface area contributed by atoms with Gasteiger partial charge >= 0.3 is 39.5 Å². The van der Waals surface area contributed by atoms with E-state index in [1.807, 2.05) is 0 Å². The summed E-state index contributed by atoms with van der Waals surface area (Å²) in [5.74, 6) is 0.230. The number of carbonyl (C=O) groups excluding carboxylic acids is 4. The molecule has 0 aromatic carbocycles. The fourth-order valence-electron chi connectivity index (χ4n) is 11.7. The standard InChI is InChI=1S/C77H150O17P2/c1-8-10-11-12-13-14-29-37-44-51-58-74(79)87-65-73(94-77(82)61-54-47-40-33-32-35-42-49-56-69(5)6)67-92-96(85,86)90-63-71(78)62-89-95(83,84)91-66-72(64-88-75(80)59-52-45-38-30-26-25-28-36-43-50-57-70(7)9-2)93-76(81)60-53-46-39-31-24-22-20-18-16-15-17-19-21-23-27-34-41-48-55-68(3)4/h68-73,78H,8-67H2,1-7H3,(H,83,84)(H,85,86)/t70?,71-,72-,73-/m1/s1. The van der Waals surface area contributed by atoms with Crippen LogP contribution in [-0.4, -0.2) is 96.7 Å². The highest BCUT2D eigenvalue weighted by molar-refractivity contribution is 7.47. The summed E-state index contributed by atoms with van der Waals surface area (Å²) in [4.78, 5) is 72.8. The largest absolute Gasteiger partial charge is 0.472 e. The molecule has 0 bridgehead atoms. The molecular formula is C77H150O17P2. The van der Waals surface area contributed by atoms with E-state index in [2.05, 4.69) is 48.5 Å². The number of phosphoric ester groups is 2. The van der Waals surface area contributed by atoms with Gasteiger partial charge in [-0.25, -0.2) is 9.13 Å². The van der Waals surface area contributed by atoms with E-state index in [0.717, 1.165) is 108 Å². The van der Waals surface area contributed by atoms with Crippen LogP contribution >= 0.6 is 15.6 Å². The molecule has 3 unspecified atom stereocenters. The zero-order chi connectivity index (χ0) is 70.9. The SMILES string of the molecule is CCCCCCCCCCCCC(=O)OC[C@H](COP(=O)(O)OC[C@H](O)COP(=O)(O)OC[C@@H](COC(=O)CCCCCCCCCCCCC(C)CC)OC(=O)CCCCCCCCCCCCCCCCCCCCC(C)C)OC(=O)CCCCCCCCCCC(C)C. The van der Waals surface area contributed by atoms with Crippen molar-refractivity contribution in [3.63, 3.8) is 0 Å². The topological polar surface area (TPSA) is 237 Å². The molecule has 0 aromatic heterocycles. The van der Waals surface area contributed by atoms with Crippen LogP contribution in [0.4, 0.5) is 0 Å².